The summed E-state index contributed by atoms with van der Waals surface area (Å²) in [5.41, 5.74) is 1.73. The first kappa shape index (κ1) is 18.3. The number of piperazine rings is 1. The number of carbonyl (C=O) groups is 1. The van der Waals surface area contributed by atoms with Crippen LogP contribution in [0.1, 0.15) is 5.56 Å². The van der Waals surface area contributed by atoms with Gasteiger partial charge >= 0.3 is 6.03 Å². The molecule has 1 saturated heterocycles. The molecule has 2 heterocycles. The van der Waals surface area contributed by atoms with Gasteiger partial charge in [0.25, 0.3) is 0 Å². The van der Waals surface area contributed by atoms with E-state index < -0.39 is 0 Å². The van der Waals surface area contributed by atoms with E-state index in [1.54, 1.807) is 11.3 Å². The normalized spacial score (nSPS) is 14.0. The van der Waals surface area contributed by atoms with Gasteiger partial charge in [-0.3, -0.25) is 0 Å². The number of rotatable bonds is 5. The smallest absolute Gasteiger partial charge is 0.321 e. The van der Waals surface area contributed by atoms with Crippen molar-refractivity contribution in [2.24, 2.45) is 0 Å². The summed E-state index contributed by atoms with van der Waals surface area (Å²) in [7, 11) is 0. The number of thiazole rings is 1. The fraction of sp³-hybridized carbons (Fsp3) is 0.238. The molecular formula is C21H22N4O2S. The highest BCUT2D eigenvalue weighted by molar-refractivity contribution is 7.13. The second-order valence-corrected chi connectivity index (χ2v) is 7.35. The maximum absolute atomic E-state index is 12.7. The molecule has 0 saturated carbocycles. The van der Waals surface area contributed by atoms with Crippen molar-refractivity contribution in [1.82, 2.24) is 9.88 Å². The van der Waals surface area contributed by atoms with E-state index >= 15 is 0 Å². The summed E-state index contributed by atoms with van der Waals surface area (Å²) < 4.78 is 5.84. The maximum atomic E-state index is 12.7. The first-order valence-corrected chi connectivity index (χ1v) is 10.1. The van der Waals surface area contributed by atoms with Gasteiger partial charge in [0.1, 0.15) is 12.4 Å². The molecule has 0 unspecified atom stereocenters. The quantitative estimate of drug-likeness (QED) is 0.709. The number of nitrogens with zero attached hydrogens (tertiary/aromatic N) is 3. The first-order valence-electron chi connectivity index (χ1n) is 9.26. The minimum Gasteiger partial charge on any atom is -0.489 e. The summed E-state index contributed by atoms with van der Waals surface area (Å²) in [5, 5.41) is 6.03. The van der Waals surface area contributed by atoms with Gasteiger partial charge in [-0.15, -0.1) is 11.3 Å². The Hall–Kier alpha value is -3.06. The SMILES string of the molecule is O=C(Nc1ccccc1COc1ccccc1)N1CCN(c2nccs2)CC1. The lowest BCUT2D eigenvalue weighted by atomic mass is 10.2. The fourth-order valence-corrected chi connectivity index (χ4v) is 3.81. The summed E-state index contributed by atoms with van der Waals surface area (Å²) in [6.45, 7) is 3.33. The Morgan fingerprint density at radius 2 is 1.79 bits per heavy atom. The van der Waals surface area contributed by atoms with E-state index in [-0.39, 0.29) is 6.03 Å². The standard InChI is InChI=1S/C21H22N4O2S/c26-20(24-11-13-25(14-12-24)21-22-10-15-28-21)23-19-9-5-4-6-17(19)16-27-18-7-2-1-3-8-18/h1-10,15H,11-14,16H2,(H,23,26). The van der Waals surface area contributed by atoms with Crippen LogP contribution in [0, 0.1) is 0 Å². The lowest BCUT2D eigenvalue weighted by Gasteiger charge is -2.34. The number of amides is 2. The Bertz CT molecular complexity index is 894. The number of benzene rings is 2. The average molecular weight is 395 g/mol. The highest BCUT2D eigenvalue weighted by Crippen LogP contribution is 2.21. The van der Waals surface area contributed by atoms with E-state index in [0.717, 1.165) is 35.2 Å². The second-order valence-electron chi connectivity index (χ2n) is 6.48. The molecule has 1 aliphatic rings. The number of aromatic nitrogens is 1. The van der Waals surface area contributed by atoms with E-state index in [9.17, 15) is 4.79 Å². The topological polar surface area (TPSA) is 57.7 Å². The number of hydrogen-bond donors (Lipinski definition) is 1. The molecule has 6 nitrogen and oxygen atoms in total. The van der Waals surface area contributed by atoms with Crippen molar-refractivity contribution in [3.05, 3.63) is 71.7 Å². The summed E-state index contributed by atoms with van der Waals surface area (Å²) in [4.78, 5) is 21.1. The Morgan fingerprint density at radius 3 is 2.54 bits per heavy atom. The first-order chi connectivity index (χ1) is 13.8. The summed E-state index contributed by atoms with van der Waals surface area (Å²) in [6, 6.07) is 17.3. The van der Waals surface area contributed by atoms with Gasteiger partial charge in [-0.2, -0.15) is 0 Å². The average Bonchev–Trinajstić information content (AvgIpc) is 3.29. The van der Waals surface area contributed by atoms with Crippen LogP contribution in [0.3, 0.4) is 0 Å². The van der Waals surface area contributed by atoms with Crippen molar-refractivity contribution >= 4 is 28.2 Å². The van der Waals surface area contributed by atoms with Gasteiger partial charge in [-0.1, -0.05) is 36.4 Å². The number of hydrogen-bond acceptors (Lipinski definition) is 5. The van der Waals surface area contributed by atoms with Gasteiger partial charge in [0.15, 0.2) is 5.13 Å². The molecule has 0 atom stereocenters. The van der Waals surface area contributed by atoms with Gasteiger partial charge in [-0.05, 0) is 18.2 Å². The van der Waals surface area contributed by atoms with Crippen LogP contribution in [0.5, 0.6) is 5.75 Å². The summed E-state index contributed by atoms with van der Waals surface area (Å²) >= 11 is 1.63. The molecule has 0 radical (unpaired) electrons. The molecule has 1 N–H and O–H groups in total. The van der Waals surface area contributed by atoms with Crippen LogP contribution in [0.2, 0.25) is 0 Å². The van der Waals surface area contributed by atoms with Crippen LogP contribution in [-0.4, -0.2) is 42.1 Å². The number of ether oxygens (including phenoxy) is 1. The lowest BCUT2D eigenvalue weighted by Crippen LogP contribution is -2.50. The number of urea groups is 1. The van der Waals surface area contributed by atoms with Crippen LogP contribution in [-0.2, 0) is 6.61 Å². The maximum Gasteiger partial charge on any atom is 0.321 e. The molecule has 1 fully saturated rings. The number of nitrogens with one attached hydrogen (secondary N) is 1. The third-order valence-electron chi connectivity index (χ3n) is 4.65. The van der Waals surface area contributed by atoms with Crippen molar-refractivity contribution in [3.63, 3.8) is 0 Å². The summed E-state index contributed by atoms with van der Waals surface area (Å²) in [5.74, 6) is 0.807. The highest BCUT2D eigenvalue weighted by Gasteiger charge is 2.22. The van der Waals surface area contributed by atoms with Crippen LogP contribution in [0.4, 0.5) is 15.6 Å². The van der Waals surface area contributed by atoms with Gasteiger partial charge in [0, 0.05) is 49.0 Å². The predicted octanol–water partition coefficient (Wildman–Crippen LogP) is 4.08. The van der Waals surface area contributed by atoms with Crippen molar-refractivity contribution in [2.75, 3.05) is 36.4 Å². The van der Waals surface area contributed by atoms with E-state index in [4.69, 9.17) is 4.74 Å². The van der Waals surface area contributed by atoms with Crippen molar-refractivity contribution in [1.29, 1.82) is 0 Å². The molecule has 2 amide bonds. The van der Waals surface area contributed by atoms with Gasteiger partial charge in [0.05, 0.1) is 0 Å². The Morgan fingerprint density at radius 1 is 1.04 bits per heavy atom. The third-order valence-corrected chi connectivity index (χ3v) is 5.49. The Balaban J connectivity index is 1.34. The van der Waals surface area contributed by atoms with Crippen LogP contribution in [0.25, 0.3) is 0 Å². The zero-order valence-corrected chi connectivity index (χ0v) is 16.3. The molecule has 28 heavy (non-hydrogen) atoms. The molecule has 3 aromatic rings. The highest BCUT2D eigenvalue weighted by atomic mass is 32.1. The monoisotopic (exact) mass is 394 g/mol. The summed E-state index contributed by atoms with van der Waals surface area (Å²) in [6.07, 6.45) is 1.81. The van der Waals surface area contributed by atoms with E-state index in [2.05, 4.69) is 15.2 Å². The molecular weight excluding hydrogens is 372 g/mol. The van der Waals surface area contributed by atoms with Crippen molar-refractivity contribution in [3.8, 4) is 5.75 Å². The van der Waals surface area contributed by atoms with Crippen LogP contribution in [0.15, 0.2) is 66.2 Å². The minimum absolute atomic E-state index is 0.0778. The second kappa shape index (κ2) is 8.75. The number of carbonyl (C=O) groups excluding carboxylic acids is 1. The van der Waals surface area contributed by atoms with Crippen molar-refractivity contribution in [2.45, 2.75) is 6.61 Å². The van der Waals surface area contributed by atoms with Crippen molar-refractivity contribution < 1.29 is 9.53 Å². The zero-order chi connectivity index (χ0) is 19.2. The minimum atomic E-state index is -0.0778. The van der Waals surface area contributed by atoms with Gasteiger partial charge in [0.2, 0.25) is 0 Å². The Labute approximate surface area is 168 Å². The molecule has 1 aromatic heterocycles. The molecule has 4 rings (SSSR count). The molecule has 0 aliphatic carbocycles. The molecule has 0 bridgehead atoms. The largest absolute Gasteiger partial charge is 0.489 e. The Kier molecular flexibility index (Phi) is 5.72. The zero-order valence-electron chi connectivity index (χ0n) is 15.5. The number of anilines is 2. The molecule has 0 spiro atoms. The molecule has 7 heteroatoms. The number of para-hydroxylation sites is 2. The van der Waals surface area contributed by atoms with Crippen LogP contribution < -0.4 is 15.0 Å². The third kappa shape index (κ3) is 4.43. The van der Waals surface area contributed by atoms with E-state index in [1.165, 1.54) is 0 Å². The molecule has 1 aliphatic heterocycles. The van der Waals surface area contributed by atoms with E-state index in [1.807, 2.05) is 71.1 Å². The van der Waals surface area contributed by atoms with Gasteiger partial charge < -0.3 is 19.9 Å². The molecule has 2 aromatic carbocycles. The molecule has 144 valence electrons. The fourth-order valence-electron chi connectivity index (χ4n) is 3.11. The van der Waals surface area contributed by atoms with Crippen LogP contribution >= 0.6 is 11.3 Å². The van der Waals surface area contributed by atoms with Gasteiger partial charge in [-0.25, -0.2) is 9.78 Å². The van der Waals surface area contributed by atoms with E-state index in [0.29, 0.717) is 19.7 Å². The lowest BCUT2D eigenvalue weighted by molar-refractivity contribution is 0.208. The predicted molar refractivity (Wildman–Crippen MR) is 112 cm³/mol.